The second-order valence-electron chi connectivity index (χ2n) is 6.40. The molecule has 6 nitrogen and oxygen atoms in total. The van der Waals surface area contributed by atoms with Crippen molar-refractivity contribution in [2.75, 3.05) is 31.0 Å². The molecule has 2 aromatic carbocycles. The number of nitrogens with one attached hydrogen (secondary N) is 1. The average molecular weight is 372 g/mol. The van der Waals surface area contributed by atoms with Gasteiger partial charge in [-0.15, -0.1) is 0 Å². The summed E-state index contributed by atoms with van der Waals surface area (Å²) in [4.78, 5) is 26.5. The summed E-state index contributed by atoms with van der Waals surface area (Å²) >= 11 is 0. The van der Waals surface area contributed by atoms with Crippen molar-refractivity contribution >= 4 is 23.2 Å². The zero-order chi connectivity index (χ0) is 19.6. The molecule has 1 atom stereocenters. The van der Waals surface area contributed by atoms with Gasteiger partial charge in [0, 0.05) is 24.7 Å². The van der Waals surface area contributed by atoms with Crippen molar-refractivity contribution in [1.29, 1.82) is 0 Å². The van der Waals surface area contributed by atoms with E-state index in [-0.39, 0.29) is 30.6 Å². The summed E-state index contributed by atoms with van der Waals surface area (Å²) in [6.45, 7) is 1.87. The van der Waals surface area contributed by atoms with Gasteiger partial charge in [0.25, 0.3) is 0 Å². The molecule has 2 aromatic rings. The number of anilines is 2. The Labute approximate surface area is 156 Å². The second kappa shape index (κ2) is 7.65. The van der Waals surface area contributed by atoms with Crippen molar-refractivity contribution in [2.24, 2.45) is 5.92 Å². The summed E-state index contributed by atoms with van der Waals surface area (Å²) in [5, 5.41) is 2.68. The molecule has 1 unspecified atom stereocenters. The number of ether oxygens (including phenoxy) is 2. The maximum Gasteiger partial charge on any atom is 0.229 e. The van der Waals surface area contributed by atoms with Crippen LogP contribution in [0.3, 0.4) is 0 Å². The summed E-state index contributed by atoms with van der Waals surface area (Å²) in [5.74, 6) is -0.314. The molecule has 142 valence electrons. The van der Waals surface area contributed by atoms with Gasteiger partial charge in [-0.1, -0.05) is 6.07 Å². The Balaban J connectivity index is 1.75. The van der Waals surface area contributed by atoms with Crippen molar-refractivity contribution in [1.82, 2.24) is 0 Å². The predicted octanol–water partition coefficient (Wildman–Crippen LogP) is 3.14. The molecular formula is C20H21FN2O4. The standard InChI is InChI=1S/C20H21FN2O4/c1-12-4-5-14(9-16(12)21)22-20(25)13-8-19(24)23(11-13)17-7-6-15(26-2)10-18(17)27-3/h4-7,9-10,13H,8,11H2,1-3H3,(H,22,25). The van der Waals surface area contributed by atoms with Gasteiger partial charge >= 0.3 is 0 Å². The third-order valence-electron chi connectivity index (χ3n) is 4.61. The van der Waals surface area contributed by atoms with Crippen LogP contribution in [0.25, 0.3) is 0 Å². The van der Waals surface area contributed by atoms with E-state index in [2.05, 4.69) is 5.32 Å². The number of aryl methyl sites for hydroxylation is 1. The van der Waals surface area contributed by atoms with Gasteiger partial charge in [-0.3, -0.25) is 9.59 Å². The van der Waals surface area contributed by atoms with Crippen molar-refractivity contribution in [2.45, 2.75) is 13.3 Å². The summed E-state index contributed by atoms with van der Waals surface area (Å²) < 4.78 is 24.2. The highest BCUT2D eigenvalue weighted by Crippen LogP contribution is 2.36. The molecule has 0 bridgehead atoms. The van der Waals surface area contributed by atoms with E-state index in [1.807, 2.05) is 0 Å². The summed E-state index contributed by atoms with van der Waals surface area (Å²) in [6, 6.07) is 9.65. The van der Waals surface area contributed by atoms with Crippen molar-refractivity contribution < 1.29 is 23.5 Å². The molecule has 2 amide bonds. The first kappa shape index (κ1) is 18.7. The molecule has 1 heterocycles. The van der Waals surface area contributed by atoms with E-state index >= 15 is 0 Å². The Morgan fingerprint density at radius 2 is 1.96 bits per heavy atom. The lowest BCUT2D eigenvalue weighted by Gasteiger charge is -2.20. The van der Waals surface area contributed by atoms with Crippen LogP contribution in [0.4, 0.5) is 15.8 Å². The molecule has 0 saturated carbocycles. The van der Waals surface area contributed by atoms with Gasteiger partial charge in [0.05, 0.1) is 25.8 Å². The quantitative estimate of drug-likeness (QED) is 0.876. The fraction of sp³-hybridized carbons (Fsp3) is 0.300. The number of hydrogen-bond donors (Lipinski definition) is 1. The van der Waals surface area contributed by atoms with E-state index in [9.17, 15) is 14.0 Å². The molecule has 1 saturated heterocycles. The number of halogens is 1. The molecule has 0 spiro atoms. The molecule has 7 heteroatoms. The zero-order valence-electron chi connectivity index (χ0n) is 15.4. The lowest BCUT2D eigenvalue weighted by atomic mass is 10.1. The van der Waals surface area contributed by atoms with Gasteiger partial charge in [-0.25, -0.2) is 4.39 Å². The minimum Gasteiger partial charge on any atom is -0.497 e. The van der Waals surface area contributed by atoms with Gasteiger partial charge in [-0.2, -0.15) is 0 Å². The zero-order valence-corrected chi connectivity index (χ0v) is 15.4. The maximum atomic E-state index is 13.7. The lowest BCUT2D eigenvalue weighted by Crippen LogP contribution is -2.28. The van der Waals surface area contributed by atoms with Crippen LogP contribution < -0.4 is 19.7 Å². The molecular weight excluding hydrogens is 351 g/mol. The summed E-state index contributed by atoms with van der Waals surface area (Å²) in [7, 11) is 3.05. The third kappa shape index (κ3) is 3.86. The van der Waals surface area contributed by atoms with Crippen molar-refractivity contribution in [3.8, 4) is 11.5 Å². The molecule has 0 aliphatic carbocycles. The summed E-state index contributed by atoms with van der Waals surface area (Å²) in [6.07, 6.45) is 0.0787. The third-order valence-corrected chi connectivity index (χ3v) is 4.61. The Morgan fingerprint density at radius 1 is 1.19 bits per heavy atom. The topological polar surface area (TPSA) is 67.9 Å². The number of benzene rings is 2. The number of amides is 2. The Hall–Kier alpha value is -3.09. The van der Waals surface area contributed by atoms with Gasteiger partial charge in [0.2, 0.25) is 11.8 Å². The highest BCUT2D eigenvalue weighted by Gasteiger charge is 2.36. The number of nitrogens with zero attached hydrogens (tertiary/aromatic N) is 1. The molecule has 0 radical (unpaired) electrons. The SMILES string of the molecule is COc1ccc(N2CC(C(=O)Nc3ccc(C)c(F)c3)CC2=O)c(OC)c1. The van der Waals surface area contributed by atoms with Gasteiger partial charge < -0.3 is 19.7 Å². The number of carbonyl (C=O) groups is 2. The van der Waals surface area contributed by atoms with Crippen LogP contribution in [0.5, 0.6) is 11.5 Å². The van der Waals surface area contributed by atoms with Gasteiger partial charge in [-0.05, 0) is 36.8 Å². The largest absolute Gasteiger partial charge is 0.497 e. The Kier molecular flexibility index (Phi) is 5.30. The molecule has 3 rings (SSSR count). The van der Waals surface area contributed by atoms with Crippen LogP contribution in [-0.4, -0.2) is 32.6 Å². The highest BCUT2D eigenvalue weighted by atomic mass is 19.1. The molecule has 1 aliphatic rings. The van der Waals surface area contributed by atoms with E-state index in [0.29, 0.717) is 28.4 Å². The first-order chi connectivity index (χ1) is 12.9. The lowest BCUT2D eigenvalue weighted by molar-refractivity contribution is -0.122. The monoisotopic (exact) mass is 372 g/mol. The van der Waals surface area contributed by atoms with Crippen LogP contribution >= 0.6 is 0 Å². The molecule has 0 aromatic heterocycles. The smallest absolute Gasteiger partial charge is 0.229 e. The summed E-state index contributed by atoms with van der Waals surface area (Å²) in [5.41, 5.74) is 1.46. The van der Waals surface area contributed by atoms with Gasteiger partial charge in [0.1, 0.15) is 17.3 Å². The van der Waals surface area contributed by atoms with Crippen molar-refractivity contribution in [3.63, 3.8) is 0 Å². The Morgan fingerprint density at radius 3 is 2.63 bits per heavy atom. The molecule has 1 N–H and O–H groups in total. The van der Waals surface area contributed by atoms with E-state index in [0.717, 1.165) is 0 Å². The minimum absolute atomic E-state index is 0.0787. The predicted molar refractivity (Wildman–Crippen MR) is 99.8 cm³/mol. The fourth-order valence-electron chi connectivity index (χ4n) is 3.04. The number of hydrogen-bond acceptors (Lipinski definition) is 4. The van der Waals surface area contributed by atoms with Crippen LogP contribution in [0.15, 0.2) is 36.4 Å². The van der Waals surface area contributed by atoms with Crippen LogP contribution in [-0.2, 0) is 9.59 Å². The molecule has 1 aliphatic heterocycles. The molecule has 27 heavy (non-hydrogen) atoms. The van der Waals surface area contributed by atoms with Crippen LogP contribution in [0.2, 0.25) is 0 Å². The van der Waals surface area contributed by atoms with E-state index < -0.39 is 5.92 Å². The number of carbonyl (C=O) groups excluding carboxylic acids is 2. The molecule has 1 fully saturated rings. The first-order valence-electron chi connectivity index (χ1n) is 8.52. The minimum atomic E-state index is -0.534. The van der Waals surface area contributed by atoms with E-state index in [4.69, 9.17) is 9.47 Å². The van der Waals surface area contributed by atoms with Gasteiger partial charge in [0.15, 0.2) is 0 Å². The fourth-order valence-corrected chi connectivity index (χ4v) is 3.04. The van der Waals surface area contributed by atoms with Crippen LogP contribution in [0.1, 0.15) is 12.0 Å². The number of methoxy groups -OCH3 is 2. The second-order valence-corrected chi connectivity index (χ2v) is 6.40. The van der Waals surface area contributed by atoms with E-state index in [1.54, 1.807) is 44.4 Å². The van der Waals surface area contributed by atoms with Crippen LogP contribution in [0, 0.1) is 18.7 Å². The maximum absolute atomic E-state index is 13.7. The normalized spacial score (nSPS) is 16.4. The average Bonchev–Trinajstić information content (AvgIpc) is 3.05. The Bertz CT molecular complexity index is 884. The van der Waals surface area contributed by atoms with E-state index in [1.165, 1.54) is 18.1 Å². The number of rotatable bonds is 5. The highest BCUT2D eigenvalue weighted by molar-refractivity contribution is 6.04. The first-order valence-corrected chi connectivity index (χ1v) is 8.52. The van der Waals surface area contributed by atoms with Crippen molar-refractivity contribution in [3.05, 3.63) is 47.8 Å².